The Balaban J connectivity index is 1.68. The summed E-state index contributed by atoms with van der Waals surface area (Å²) in [5.41, 5.74) is 0.400. The summed E-state index contributed by atoms with van der Waals surface area (Å²) >= 11 is 0. The lowest BCUT2D eigenvalue weighted by Gasteiger charge is -2.37. The molecule has 146 valence electrons. The highest BCUT2D eigenvalue weighted by Gasteiger charge is 2.35. The highest BCUT2D eigenvalue weighted by atomic mass is 32.2. The molecule has 0 bridgehead atoms. The summed E-state index contributed by atoms with van der Waals surface area (Å²) < 4.78 is 40.3. The van der Waals surface area contributed by atoms with Crippen LogP contribution in [0.2, 0.25) is 0 Å². The number of rotatable bonds is 4. The van der Waals surface area contributed by atoms with Crippen molar-refractivity contribution in [2.24, 2.45) is 0 Å². The molecule has 0 fully saturated rings. The molecule has 3 aromatic carbocycles. The molecule has 6 heteroatoms. The summed E-state index contributed by atoms with van der Waals surface area (Å²) in [4.78, 5) is 0.243. The van der Waals surface area contributed by atoms with Gasteiger partial charge in [0.2, 0.25) is 10.0 Å². The second kappa shape index (κ2) is 6.79. The van der Waals surface area contributed by atoms with Crippen molar-refractivity contribution in [3.8, 4) is 11.5 Å². The van der Waals surface area contributed by atoms with Crippen LogP contribution >= 0.6 is 0 Å². The van der Waals surface area contributed by atoms with E-state index in [2.05, 4.69) is 4.72 Å². The number of para-hydroxylation sites is 1. The summed E-state index contributed by atoms with van der Waals surface area (Å²) in [6, 6.07) is 17.9. The van der Waals surface area contributed by atoms with Crippen molar-refractivity contribution in [3.05, 3.63) is 66.2 Å². The molecule has 1 heterocycles. The molecular formula is C22H23NO4S. The van der Waals surface area contributed by atoms with Crippen LogP contribution in [0.1, 0.15) is 31.9 Å². The number of hydrogen-bond donors (Lipinski definition) is 1. The van der Waals surface area contributed by atoms with Crippen LogP contribution in [0.15, 0.2) is 65.6 Å². The third-order valence-electron chi connectivity index (χ3n) is 5.00. The zero-order valence-corrected chi connectivity index (χ0v) is 16.9. The van der Waals surface area contributed by atoms with Gasteiger partial charge < -0.3 is 9.47 Å². The fourth-order valence-electron chi connectivity index (χ4n) is 3.66. The van der Waals surface area contributed by atoms with E-state index in [9.17, 15) is 8.42 Å². The molecule has 0 amide bonds. The van der Waals surface area contributed by atoms with Crippen LogP contribution in [0.3, 0.4) is 0 Å². The number of nitrogens with one attached hydrogen (secondary N) is 1. The second-order valence-electron chi connectivity index (χ2n) is 7.65. The summed E-state index contributed by atoms with van der Waals surface area (Å²) in [6.07, 6.45) is 0.550. The Bertz CT molecular complexity index is 1140. The fourth-order valence-corrected chi connectivity index (χ4v) is 4.91. The number of fused-ring (bicyclic) bond motifs is 2. The molecule has 0 spiro atoms. The SMILES string of the molecule is COc1ccc2cc(S(=O)(=O)N[C@H]3CC(C)(C)Oc4ccccc43)ccc2c1. The normalized spacial score (nSPS) is 18.3. The summed E-state index contributed by atoms with van der Waals surface area (Å²) in [5.74, 6) is 1.46. The van der Waals surface area contributed by atoms with Gasteiger partial charge in [-0.1, -0.05) is 30.3 Å². The first-order chi connectivity index (χ1) is 13.3. The minimum Gasteiger partial charge on any atom is -0.497 e. The van der Waals surface area contributed by atoms with E-state index in [0.717, 1.165) is 27.8 Å². The highest BCUT2D eigenvalue weighted by Crippen LogP contribution is 2.40. The predicted octanol–water partition coefficient (Wildman–Crippen LogP) is 4.43. The number of benzene rings is 3. The summed E-state index contributed by atoms with van der Waals surface area (Å²) in [7, 11) is -2.09. The van der Waals surface area contributed by atoms with E-state index in [1.807, 2.05) is 56.3 Å². The van der Waals surface area contributed by atoms with Crippen molar-refractivity contribution in [2.45, 2.75) is 36.8 Å². The van der Waals surface area contributed by atoms with Crippen molar-refractivity contribution in [1.82, 2.24) is 4.72 Å². The molecule has 0 unspecified atom stereocenters. The molecule has 0 aromatic heterocycles. The van der Waals surface area contributed by atoms with Crippen molar-refractivity contribution in [1.29, 1.82) is 0 Å². The molecule has 1 atom stereocenters. The number of ether oxygens (including phenoxy) is 2. The standard InChI is InChI=1S/C22H23NO4S/c1-22(2)14-20(19-6-4-5-7-21(19)27-22)23-28(24,25)18-11-9-15-12-17(26-3)10-8-16(15)13-18/h4-13,20,23H,14H2,1-3H3/t20-/m0/s1. The van der Waals surface area contributed by atoms with Crippen LogP contribution in [-0.2, 0) is 10.0 Å². The van der Waals surface area contributed by atoms with Gasteiger partial charge in [0.1, 0.15) is 17.1 Å². The Morgan fingerprint density at radius 1 is 1.04 bits per heavy atom. The van der Waals surface area contributed by atoms with E-state index in [1.54, 1.807) is 25.3 Å². The number of methoxy groups -OCH3 is 1. The quantitative estimate of drug-likeness (QED) is 0.707. The zero-order valence-electron chi connectivity index (χ0n) is 16.1. The second-order valence-corrected chi connectivity index (χ2v) is 9.37. The third kappa shape index (κ3) is 3.57. The molecule has 4 rings (SSSR count). The van der Waals surface area contributed by atoms with E-state index >= 15 is 0 Å². The van der Waals surface area contributed by atoms with Gasteiger partial charge in [0, 0.05) is 12.0 Å². The minimum absolute atomic E-state index is 0.243. The Labute approximate surface area is 165 Å². The lowest BCUT2D eigenvalue weighted by molar-refractivity contribution is 0.0702. The first-order valence-electron chi connectivity index (χ1n) is 9.15. The van der Waals surface area contributed by atoms with Gasteiger partial charge in [0.25, 0.3) is 0 Å². The Morgan fingerprint density at radius 2 is 1.75 bits per heavy atom. The van der Waals surface area contributed by atoms with Crippen LogP contribution in [0, 0.1) is 0 Å². The van der Waals surface area contributed by atoms with Gasteiger partial charge in [0.15, 0.2) is 0 Å². The highest BCUT2D eigenvalue weighted by molar-refractivity contribution is 7.89. The largest absolute Gasteiger partial charge is 0.497 e. The molecule has 0 saturated heterocycles. The first kappa shape index (κ1) is 18.8. The van der Waals surface area contributed by atoms with E-state index in [-0.39, 0.29) is 10.9 Å². The zero-order chi connectivity index (χ0) is 19.9. The van der Waals surface area contributed by atoms with Gasteiger partial charge in [-0.15, -0.1) is 0 Å². The molecule has 3 aromatic rings. The molecule has 0 aliphatic carbocycles. The van der Waals surface area contributed by atoms with Crippen molar-refractivity contribution in [3.63, 3.8) is 0 Å². The van der Waals surface area contributed by atoms with Gasteiger partial charge in [0.05, 0.1) is 18.0 Å². The van der Waals surface area contributed by atoms with Crippen LogP contribution in [0.5, 0.6) is 11.5 Å². The van der Waals surface area contributed by atoms with E-state index in [1.165, 1.54) is 0 Å². The maximum Gasteiger partial charge on any atom is 0.241 e. The Morgan fingerprint density at radius 3 is 2.54 bits per heavy atom. The number of hydrogen-bond acceptors (Lipinski definition) is 4. The van der Waals surface area contributed by atoms with Crippen LogP contribution < -0.4 is 14.2 Å². The molecule has 0 saturated carbocycles. The van der Waals surface area contributed by atoms with Crippen LogP contribution in [0.4, 0.5) is 0 Å². The van der Waals surface area contributed by atoms with Gasteiger partial charge in [-0.25, -0.2) is 13.1 Å². The van der Waals surface area contributed by atoms with E-state index in [0.29, 0.717) is 6.42 Å². The summed E-state index contributed by atoms with van der Waals surface area (Å²) in [5, 5.41) is 1.77. The van der Waals surface area contributed by atoms with Crippen molar-refractivity contribution in [2.75, 3.05) is 7.11 Å². The monoisotopic (exact) mass is 397 g/mol. The smallest absolute Gasteiger partial charge is 0.241 e. The Hall–Kier alpha value is -2.57. The first-order valence-corrected chi connectivity index (χ1v) is 10.6. The lowest BCUT2D eigenvalue weighted by atomic mass is 9.90. The molecular weight excluding hydrogens is 374 g/mol. The topological polar surface area (TPSA) is 64.6 Å². The molecule has 1 aliphatic rings. The minimum atomic E-state index is -3.70. The van der Waals surface area contributed by atoms with Gasteiger partial charge in [-0.2, -0.15) is 0 Å². The van der Waals surface area contributed by atoms with Crippen LogP contribution in [-0.4, -0.2) is 21.1 Å². The molecule has 5 nitrogen and oxygen atoms in total. The molecule has 0 radical (unpaired) electrons. The molecule has 1 aliphatic heterocycles. The van der Waals surface area contributed by atoms with E-state index < -0.39 is 15.6 Å². The molecule has 28 heavy (non-hydrogen) atoms. The van der Waals surface area contributed by atoms with Crippen LogP contribution in [0.25, 0.3) is 10.8 Å². The van der Waals surface area contributed by atoms with Gasteiger partial charge in [-0.3, -0.25) is 0 Å². The average Bonchev–Trinajstić information content (AvgIpc) is 2.66. The van der Waals surface area contributed by atoms with Crippen molar-refractivity contribution < 1.29 is 17.9 Å². The third-order valence-corrected chi connectivity index (χ3v) is 6.47. The fraction of sp³-hybridized carbons (Fsp3) is 0.273. The predicted molar refractivity (Wildman–Crippen MR) is 109 cm³/mol. The Kier molecular flexibility index (Phi) is 4.56. The van der Waals surface area contributed by atoms with E-state index in [4.69, 9.17) is 9.47 Å². The molecule has 1 N–H and O–H groups in total. The summed E-state index contributed by atoms with van der Waals surface area (Å²) in [6.45, 7) is 3.93. The average molecular weight is 397 g/mol. The van der Waals surface area contributed by atoms with Gasteiger partial charge >= 0.3 is 0 Å². The maximum atomic E-state index is 13.1. The van der Waals surface area contributed by atoms with Crippen molar-refractivity contribution >= 4 is 20.8 Å². The lowest BCUT2D eigenvalue weighted by Crippen LogP contribution is -2.41. The maximum absolute atomic E-state index is 13.1. The number of sulfonamides is 1. The van der Waals surface area contributed by atoms with Gasteiger partial charge in [-0.05, 0) is 55.0 Å².